The Morgan fingerprint density at radius 2 is 2.00 bits per heavy atom. The first-order valence-electron chi connectivity index (χ1n) is 8.65. The van der Waals surface area contributed by atoms with Crippen molar-refractivity contribution in [2.24, 2.45) is 0 Å². The van der Waals surface area contributed by atoms with Gasteiger partial charge in [0.25, 0.3) is 5.91 Å². The Labute approximate surface area is 152 Å². The van der Waals surface area contributed by atoms with Crippen LogP contribution in [0.2, 0.25) is 0 Å². The lowest BCUT2D eigenvalue weighted by Gasteiger charge is -2.31. The molecule has 1 aromatic heterocycles. The number of benzene rings is 1. The van der Waals surface area contributed by atoms with E-state index >= 15 is 0 Å². The van der Waals surface area contributed by atoms with Gasteiger partial charge < -0.3 is 19.1 Å². The molecular formula is C19H23N3O4. The third-order valence-electron chi connectivity index (χ3n) is 4.32. The minimum atomic E-state index is -0.00425. The molecule has 2 aromatic rings. The highest BCUT2D eigenvalue weighted by atomic mass is 16.5. The van der Waals surface area contributed by atoms with Gasteiger partial charge in [-0.05, 0) is 18.6 Å². The van der Waals surface area contributed by atoms with Gasteiger partial charge in [-0.1, -0.05) is 18.2 Å². The lowest BCUT2D eigenvalue weighted by Crippen LogP contribution is -2.43. The minimum absolute atomic E-state index is 0.00425. The number of hydrogen-bond donors (Lipinski definition) is 0. The van der Waals surface area contributed by atoms with E-state index in [1.165, 1.54) is 7.11 Å². The second-order valence-corrected chi connectivity index (χ2v) is 6.13. The van der Waals surface area contributed by atoms with Crippen LogP contribution in [0.5, 0.6) is 17.6 Å². The van der Waals surface area contributed by atoms with E-state index in [-0.39, 0.29) is 24.6 Å². The van der Waals surface area contributed by atoms with Gasteiger partial charge in [0.05, 0.1) is 7.11 Å². The number of ether oxygens (including phenoxy) is 3. The minimum Gasteiger partial charge on any atom is -0.484 e. The Morgan fingerprint density at radius 3 is 2.73 bits per heavy atom. The van der Waals surface area contributed by atoms with Crippen molar-refractivity contribution >= 4 is 5.91 Å². The van der Waals surface area contributed by atoms with Crippen LogP contribution in [0, 0.1) is 6.92 Å². The van der Waals surface area contributed by atoms with Crippen molar-refractivity contribution in [3.05, 3.63) is 42.1 Å². The SMILES string of the molecule is COc1nccc(OC2CCN(C(=O)COc3ccccc3C)CC2)n1. The topological polar surface area (TPSA) is 73.8 Å². The number of carbonyl (C=O) groups excluding carboxylic acids is 1. The average Bonchev–Trinajstić information content (AvgIpc) is 2.68. The predicted octanol–water partition coefficient (Wildman–Crippen LogP) is 2.24. The monoisotopic (exact) mass is 357 g/mol. The van der Waals surface area contributed by atoms with Crippen LogP contribution in [-0.4, -0.2) is 53.7 Å². The molecule has 0 radical (unpaired) electrons. The van der Waals surface area contributed by atoms with Gasteiger partial charge in [0, 0.05) is 38.2 Å². The highest BCUT2D eigenvalue weighted by Gasteiger charge is 2.24. The van der Waals surface area contributed by atoms with Crippen LogP contribution in [0.1, 0.15) is 18.4 Å². The molecule has 0 bridgehead atoms. The molecule has 0 aliphatic carbocycles. The summed E-state index contributed by atoms with van der Waals surface area (Å²) in [7, 11) is 1.52. The molecule has 2 heterocycles. The van der Waals surface area contributed by atoms with Crippen LogP contribution in [0.25, 0.3) is 0 Å². The fraction of sp³-hybridized carbons (Fsp3) is 0.421. The van der Waals surface area contributed by atoms with Gasteiger partial charge >= 0.3 is 6.01 Å². The summed E-state index contributed by atoms with van der Waals surface area (Å²) in [4.78, 5) is 22.3. The number of methoxy groups -OCH3 is 1. The Kier molecular flexibility index (Phi) is 5.88. The van der Waals surface area contributed by atoms with Crippen molar-refractivity contribution in [1.29, 1.82) is 0 Å². The van der Waals surface area contributed by atoms with Crippen molar-refractivity contribution < 1.29 is 19.0 Å². The Hall–Kier alpha value is -2.83. The zero-order chi connectivity index (χ0) is 18.4. The summed E-state index contributed by atoms with van der Waals surface area (Å²) in [5.41, 5.74) is 1.02. The summed E-state index contributed by atoms with van der Waals surface area (Å²) in [6.07, 6.45) is 3.13. The van der Waals surface area contributed by atoms with E-state index in [1.54, 1.807) is 12.3 Å². The normalized spacial score (nSPS) is 14.8. The first-order valence-corrected chi connectivity index (χ1v) is 8.65. The van der Waals surface area contributed by atoms with Crippen LogP contribution >= 0.6 is 0 Å². The Bertz CT molecular complexity index is 745. The molecule has 0 spiro atoms. The number of rotatable bonds is 6. The van der Waals surface area contributed by atoms with E-state index in [1.807, 2.05) is 36.1 Å². The molecule has 1 aromatic carbocycles. The molecule has 0 atom stereocenters. The molecule has 7 nitrogen and oxygen atoms in total. The van der Waals surface area contributed by atoms with Gasteiger partial charge in [-0.15, -0.1) is 0 Å². The van der Waals surface area contributed by atoms with Crippen LogP contribution in [0.4, 0.5) is 0 Å². The molecule has 1 fully saturated rings. The van der Waals surface area contributed by atoms with Crippen LogP contribution in [-0.2, 0) is 4.79 Å². The first-order chi connectivity index (χ1) is 12.7. The molecule has 1 amide bonds. The van der Waals surface area contributed by atoms with Crippen molar-refractivity contribution in [3.8, 4) is 17.6 Å². The molecule has 1 aliphatic heterocycles. The molecular weight excluding hydrogens is 334 g/mol. The maximum Gasteiger partial charge on any atom is 0.319 e. The highest BCUT2D eigenvalue weighted by Crippen LogP contribution is 2.19. The van der Waals surface area contributed by atoms with Gasteiger partial charge in [0.1, 0.15) is 11.9 Å². The average molecular weight is 357 g/mol. The fourth-order valence-corrected chi connectivity index (χ4v) is 2.83. The van der Waals surface area contributed by atoms with Gasteiger partial charge in [0.15, 0.2) is 6.61 Å². The third-order valence-corrected chi connectivity index (χ3v) is 4.32. The quantitative estimate of drug-likeness (QED) is 0.789. The highest BCUT2D eigenvalue weighted by molar-refractivity contribution is 5.77. The smallest absolute Gasteiger partial charge is 0.319 e. The Morgan fingerprint density at radius 1 is 1.23 bits per heavy atom. The number of carbonyl (C=O) groups is 1. The molecule has 26 heavy (non-hydrogen) atoms. The zero-order valence-corrected chi connectivity index (χ0v) is 15.1. The number of para-hydroxylation sites is 1. The number of likely N-dealkylation sites (tertiary alicyclic amines) is 1. The molecule has 0 saturated carbocycles. The lowest BCUT2D eigenvalue weighted by molar-refractivity contribution is -0.135. The number of aryl methyl sites for hydroxylation is 1. The largest absolute Gasteiger partial charge is 0.484 e. The standard InChI is InChI=1S/C19H23N3O4/c1-14-5-3-4-6-16(14)25-13-18(23)22-11-8-15(9-12-22)26-17-7-10-20-19(21-17)24-2/h3-7,10,15H,8-9,11-13H2,1-2H3. The molecule has 3 rings (SSSR count). The maximum atomic E-state index is 12.4. The number of piperidine rings is 1. The predicted molar refractivity (Wildman–Crippen MR) is 95.5 cm³/mol. The molecule has 7 heteroatoms. The maximum absolute atomic E-state index is 12.4. The summed E-state index contributed by atoms with van der Waals surface area (Å²) in [6, 6.07) is 9.67. The first kappa shape index (κ1) is 18.0. The summed E-state index contributed by atoms with van der Waals surface area (Å²) < 4.78 is 16.5. The molecule has 1 saturated heterocycles. The summed E-state index contributed by atoms with van der Waals surface area (Å²) in [5.74, 6) is 1.23. The number of aromatic nitrogens is 2. The number of amides is 1. The summed E-state index contributed by atoms with van der Waals surface area (Å²) >= 11 is 0. The fourth-order valence-electron chi connectivity index (χ4n) is 2.83. The van der Waals surface area contributed by atoms with E-state index in [0.717, 1.165) is 24.2 Å². The van der Waals surface area contributed by atoms with Crippen LogP contribution in [0.3, 0.4) is 0 Å². The molecule has 1 aliphatic rings. The van der Waals surface area contributed by atoms with E-state index < -0.39 is 0 Å². The van der Waals surface area contributed by atoms with E-state index in [9.17, 15) is 4.79 Å². The van der Waals surface area contributed by atoms with Crippen molar-refractivity contribution in [1.82, 2.24) is 14.9 Å². The van der Waals surface area contributed by atoms with Crippen molar-refractivity contribution in [2.45, 2.75) is 25.9 Å². The second kappa shape index (κ2) is 8.51. The van der Waals surface area contributed by atoms with Crippen LogP contribution in [0.15, 0.2) is 36.5 Å². The second-order valence-electron chi connectivity index (χ2n) is 6.13. The van der Waals surface area contributed by atoms with Gasteiger partial charge in [-0.2, -0.15) is 4.98 Å². The number of hydrogen-bond acceptors (Lipinski definition) is 6. The van der Waals surface area contributed by atoms with Crippen molar-refractivity contribution in [2.75, 3.05) is 26.8 Å². The van der Waals surface area contributed by atoms with Crippen LogP contribution < -0.4 is 14.2 Å². The lowest BCUT2D eigenvalue weighted by atomic mass is 10.1. The van der Waals surface area contributed by atoms with Gasteiger partial charge in [-0.25, -0.2) is 4.98 Å². The Balaban J connectivity index is 1.45. The molecule has 0 unspecified atom stereocenters. The third kappa shape index (κ3) is 4.62. The van der Waals surface area contributed by atoms with Gasteiger partial charge in [0.2, 0.25) is 5.88 Å². The van der Waals surface area contributed by atoms with E-state index in [0.29, 0.717) is 19.0 Å². The van der Waals surface area contributed by atoms with Gasteiger partial charge in [-0.3, -0.25) is 4.79 Å². The van der Waals surface area contributed by atoms with E-state index in [2.05, 4.69) is 9.97 Å². The molecule has 138 valence electrons. The molecule has 0 N–H and O–H groups in total. The van der Waals surface area contributed by atoms with Crippen molar-refractivity contribution in [3.63, 3.8) is 0 Å². The summed E-state index contributed by atoms with van der Waals surface area (Å²) in [6.45, 7) is 3.30. The summed E-state index contributed by atoms with van der Waals surface area (Å²) in [5, 5.41) is 0. The zero-order valence-electron chi connectivity index (χ0n) is 15.1. The van der Waals surface area contributed by atoms with E-state index in [4.69, 9.17) is 14.2 Å². The number of nitrogens with zero attached hydrogens (tertiary/aromatic N) is 3.